The van der Waals surface area contributed by atoms with Crippen LogP contribution in [-0.2, 0) is 46.2 Å². The van der Waals surface area contributed by atoms with Crippen LogP contribution < -0.4 is 20.9 Å². The zero-order chi connectivity index (χ0) is 51.8. The molecule has 5 aromatic rings. The highest BCUT2D eigenvalue weighted by Crippen LogP contribution is 2.30. The van der Waals surface area contributed by atoms with Crippen LogP contribution in [0, 0.1) is 11.3 Å². The van der Waals surface area contributed by atoms with E-state index in [1.54, 1.807) is 55.0 Å². The van der Waals surface area contributed by atoms with Gasteiger partial charge in [-0.25, -0.2) is 9.97 Å². The van der Waals surface area contributed by atoms with Gasteiger partial charge in [0.1, 0.15) is 17.3 Å². The molecule has 0 aliphatic carbocycles. The minimum Gasteiger partial charge on any atom is -0.506 e. The first kappa shape index (κ1) is 56.9. The first-order valence-corrected chi connectivity index (χ1v) is 26.0. The first-order valence-electron chi connectivity index (χ1n) is 26.0. The number of imidazole rings is 1. The summed E-state index contributed by atoms with van der Waals surface area (Å²) in [6, 6.07) is 20.0. The molecule has 20 heteroatoms. The van der Waals surface area contributed by atoms with E-state index in [1.165, 1.54) is 7.11 Å². The maximum Gasteiger partial charge on any atom is 0.251 e. The Kier molecular flexibility index (Phi) is 25.7. The number of piperidine rings is 1. The highest BCUT2D eigenvalue weighted by Gasteiger charge is 2.28. The fourth-order valence-electron chi connectivity index (χ4n) is 8.19. The van der Waals surface area contributed by atoms with Crippen LogP contribution in [0.3, 0.4) is 0 Å². The van der Waals surface area contributed by atoms with Gasteiger partial charge in [-0.15, -0.1) is 5.11 Å². The summed E-state index contributed by atoms with van der Waals surface area (Å²) in [4.78, 5) is 41.6. The summed E-state index contributed by atoms with van der Waals surface area (Å²) in [6.07, 6.45) is 13.5. The maximum atomic E-state index is 13.5. The van der Waals surface area contributed by atoms with Gasteiger partial charge in [-0.2, -0.15) is 5.11 Å². The van der Waals surface area contributed by atoms with Gasteiger partial charge >= 0.3 is 0 Å². The average Bonchev–Trinajstić information content (AvgIpc) is 3.78. The van der Waals surface area contributed by atoms with Crippen LogP contribution in [0.2, 0.25) is 0 Å². The van der Waals surface area contributed by atoms with Crippen LogP contribution in [0.15, 0.2) is 95.5 Å². The van der Waals surface area contributed by atoms with Gasteiger partial charge < -0.3 is 53.6 Å². The van der Waals surface area contributed by atoms with E-state index in [-0.39, 0.29) is 29.4 Å². The van der Waals surface area contributed by atoms with E-state index in [4.69, 9.17) is 38.8 Å². The molecule has 400 valence electrons. The average molecular weight is 1020 g/mol. The molecule has 0 radical (unpaired) electrons. The minimum atomic E-state index is -0.192. The molecule has 1 saturated heterocycles. The number of ether oxygens (including phenoxy) is 6. The second-order valence-electron chi connectivity index (χ2n) is 17.8. The van der Waals surface area contributed by atoms with E-state index >= 15 is 0 Å². The zero-order valence-corrected chi connectivity index (χ0v) is 42.9. The number of aryl methyl sites for hydroxylation is 2. The van der Waals surface area contributed by atoms with Crippen LogP contribution in [0.1, 0.15) is 73.7 Å². The number of amides is 2. The molecule has 1 aliphatic heterocycles. The molecular formula is C54H75N11O9. The third-order valence-corrected chi connectivity index (χ3v) is 12.2. The maximum absolute atomic E-state index is 13.5. The summed E-state index contributed by atoms with van der Waals surface area (Å²) in [5.74, 6) is 1.33. The Morgan fingerprint density at radius 3 is 2.20 bits per heavy atom. The number of unbranched alkanes of at least 4 members (excludes halogenated alkanes) is 2. The fourth-order valence-corrected chi connectivity index (χ4v) is 8.19. The molecule has 2 amide bonds. The molecule has 0 unspecified atom stereocenters. The van der Waals surface area contributed by atoms with Crippen molar-refractivity contribution in [3.05, 3.63) is 96.4 Å². The summed E-state index contributed by atoms with van der Waals surface area (Å²) >= 11 is 0. The summed E-state index contributed by atoms with van der Waals surface area (Å²) in [7, 11) is 1.49. The number of hydrogen-bond donors (Lipinski definition) is 5. The lowest BCUT2D eigenvalue weighted by molar-refractivity contribution is -0.120. The normalized spacial score (nSPS) is 13.7. The molecule has 0 bridgehead atoms. The number of carbonyl (C=O) groups is 2. The SMILES string of the molecule is COC(=N)CCCc1ccc(O)c(N=Nc2ccc(C(=O)NCCCOCCOCCOCCOCCOCCCNCCCCCn3c(NC(=O)[C@H]4CCCN(c5cnccn5)C4)nc4ccccc43)cc2)c1. The lowest BCUT2D eigenvalue weighted by atomic mass is 9.97. The summed E-state index contributed by atoms with van der Waals surface area (Å²) in [6.45, 7) is 9.63. The molecule has 2 aromatic heterocycles. The number of rotatable bonds is 36. The van der Waals surface area contributed by atoms with Crippen LogP contribution in [0.5, 0.6) is 5.75 Å². The molecule has 0 saturated carbocycles. The Balaban J connectivity index is 0.681. The summed E-state index contributed by atoms with van der Waals surface area (Å²) in [5.41, 5.74) is 4.28. The number of azo groups is 1. The molecule has 1 aliphatic rings. The van der Waals surface area contributed by atoms with Crippen molar-refractivity contribution < 1.29 is 43.1 Å². The summed E-state index contributed by atoms with van der Waals surface area (Å²) in [5, 5.41) is 35.8. The van der Waals surface area contributed by atoms with Crippen LogP contribution in [-0.4, -0.2) is 148 Å². The van der Waals surface area contributed by atoms with Gasteiger partial charge in [0.25, 0.3) is 5.91 Å². The van der Waals surface area contributed by atoms with E-state index in [0.717, 1.165) is 93.5 Å². The van der Waals surface area contributed by atoms with Gasteiger partial charge in [0.2, 0.25) is 11.9 Å². The number of fused-ring (bicyclic) bond motifs is 1. The number of aromatic hydroxyl groups is 1. The van der Waals surface area contributed by atoms with Crippen molar-refractivity contribution >= 4 is 51.9 Å². The molecule has 20 nitrogen and oxygen atoms in total. The Morgan fingerprint density at radius 2 is 1.49 bits per heavy atom. The number of benzene rings is 3. The van der Waals surface area contributed by atoms with Crippen molar-refractivity contribution in [2.45, 2.75) is 70.8 Å². The number of hydrogen-bond acceptors (Lipinski definition) is 17. The Bertz CT molecular complexity index is 2440. The van der Waals surface area contributed by atoms with Gasteiger partial charge in [-0.3, -0.25) is 25.3 Å². The monoisotopic (exact) mass is 1020 g/mol. The molecule has 3 aromatic carbocycles. The molecule has 0 spiro atoms. The third-order valence-electron chi connectivity index (χ3n) is 12.2. The fraction of sp³-hybridized carbons (Fsp3) is 0.519. The van der Waals surface area contributed by atoms with Gasteiger partial charge in [0.15, 0.2) is 5.90 Å². The number of anilines is 2. The Morgan fingerprint density at radius 1 is 0.784 bits per heavy atom. The quantitative estimate of drug-likeness (QED) is 0.0111. The lowest BCUT2D eigenvalue weighted by Gasteiger charge is -2.32. The number of nitrogens with zero attached hydrogens (tertiary/aromatic N) is 7. The van der Waals surface area contributed by atoms with Crippen molar-refractivity contribution in [2.24, 2.45) is 16.1 Å². The minimum absolute atomic E-state index is 0.00290. The smallest absolute Gasteiger partial charge is 0.251 e. The molecule has 3 heterocycles. The molecule has 5 N–H and O–H groups in total. The number of para-hydroxylation sites is 2. The van der Waals surface area contributed by atoms with Crippen LogP contribution in [0.4, 0.5) is 23.1 Å². The highest BCUT2D eigenvalue weighted by atomic mass is 16.6. The van der Waals surface area contributed by atoms with Crippen molar-refractivity contribution in [2.75, 3.05) is 116 Å². The highest BCUT2D eigenvalue weighted by molar-refractivity contribution is 5.94. The van der Waals surface area contributed by atoms with E-state index < -0.39 is 0 Å². The summed E-state index contributed by atoms with van der Waals surface area (Å²) < 4.78 is 35.2. The number of aromatic nitrogens is 4. The second kappa shape index (κ2) is 33.4. The van der Waals surface area contributed by atoms with E-state index in [0.29, 0.717) is 121 Å². The topological polar surface area (TPSA) is 241 Å². The van der Waals surface area contributed by atoms with E-state index in [9.17, 15) is 14.7 Å². The predicted molar refractivity (Wildman–Crippen MR) is 284 cm³/mol. The molecule has 74 heavy (non-hydrogen) atoms. The van der Waals surface area contributed by atoms with Crippen LogP contribution in [0.25, 0.3) is 11.0 Å². The van der Waals surface area contributed by atoms with Crippen molar-refractivity contribution in [1.29, 1.82) is 5.41 Å². The number of phenolic OH excluding ortho intramolecular Hbond substituents is 1. The number of carbonyl (C=O) groups excluding carboxylic acids is 2. The molecule has 1 fully saturated rings. The standard InChI is InChI=1S/C54H75N11O9/c1-69-50(55)15-7-11-42-16-21-49(66)47(39-42)63-62-45-19-17-43(18-20-45)52(67)59-24-10-30-71-32-34-73-36-38-74-37-35-72-33-31-70-29-9-23-56-22-5-2-6-28-65-48-14-4-3-13-46(48)60-54(65)61-53(68)44-12-8-27-64(41-44)51-40-57-25-26-58-51/h3-4,13-14,16-21,25-26,39-40,44,55-56,66H,2,5-12,15,22-24,27-38,41H2,1H3,(H,59,67)(H,60,61,68)/t44-/m0/s1. The van der Waals surface area contributed by atoms with Crippen molar-refractivity contribution in [3.63, 3.8) is 0 Å². The number of methoxy groups -OCH3 is 1. The largest absolute Gasteiger partial charge is 0.506 e. The number of phenols is 1. The Labute approximate surface area is 434 Å². The van der Waals surface area contributed by atoms with E-state index in [2.05, 4.69) is 51.7 Å². The number of nitrogens with one attached hydrogen (secondary N) is 4. The molecular weight excluding hydrogens is 947 g/mol. The molecule has 6 rings (SSSR count). The van der Waals surface area contributed by atoms with E-state index in [1.807, 2.05) is 24.3 Å². The van der Waals surface area contributed by atoms with Crippen molar-refractivity contribution in [1.82, 2.24) is 30.2 Å². The Hall–Kier alpha value is -6.42. The third kappa shape index (κ3) is 20.5. The van der Waals surface area contributed by atoms with Gasteiger partial charge in [0, 0.05) is 63.8 Å². The second-order valence-corrected chi connectivity index (χ2v) is 17.8. The zero-order valence-electron chi connectivity index (χ0n) is 42.9. The van der Waals surface area contributed by atoms with Gasteiger partial charge in [-0.05, 0) is 119 Å². The van der Waals surface area contributed by atoms with Gasteiger partial charge in [-0.1, -0.05) is 24.6 Å². The predicted octanol–water partition coefficient (Wildman–Crippen LogP) is 7.80. The lowest BCUT2D eigenvalue weighted by Crippen LogP contribution is -2.41. The van der Waals surface area contributed by atoms with Crippen molar-refractivity contribution in [3.8, 4) is 5.75 Å². The van der Waals surface area contributed by atoms with Gasteiger partial charge in [0.05, 0.1) is 88.8 Å². The first-order chi connectivity index (χ1) is 36.4. The molecule has 1 atom stereocenters. The van der Waals surface area contributed by atoms with Crippen LogP contribution >= 0.6 is 0 Å².